The Labute approximate surface area is 106 Å². The van der Waals surface area contributed by atoms with Gasteiger partial charge >= 0.3 is 5.97 Å². The largest absolute Gasteiger partial charge is 0.478 e. The molecule has 18 heavy (non-hydrogen) atoms. The van der Waals surface area contributed by atoms with Gasteiger partial charge in [0.1, 0.15) is 0 Å². The number of rotatable bonds is 3. The quantitative estimate of drug-likeness (QED) is 0.716. The van der Waals surface area contributed by atoms with E-state index in [0.717, 1.165) is 12.2 Å². The van der Waals surface area contributed by atoms with Crippen molar-refractivity contribution in [2.75, 3.05) is 27.2 Å². The van der Waals surface area contributed by atoms with Gasteiger partial charge in [0.2, 0.25) is 11.8 Å². The fraction of sp³-hybridized carbons (Fsp3) is 0.583. The van der Waals surface area contributed by atoms with Gasteiger partial charge in [-0.25, -0.2) is 4.79 Å². The topological polar surface area (TPSA) is 77.9 Å². The molecule has 0 aromatic carbocycles. The normalized spacial score (nSPS) is 16.9. The second-order valence-corrected chi connectivity index (χ2v) is 4.50. The molecule has 100 valence electrons. The fourth-order valence-electron chi connectivity index (χ4n) is 1.96. The Balaban J connectivity index is 2.46. The van der Waals surface area contributed by atoms with Crippen molar-refractivity contribution in [3.05, 3.63) is 12.2 Å². The molecule has 0 aromatic rings. The monoisotopic (exact) mass is 254 g/mol. The van der Waals surface area contributed by atoms with E-state index in [1.807, 2.05) is 0 Å². The van der Waals surface area contributed by atoms with Gasteiger partial charge in [-0.15, -0.1) is 0 Å². The predicted octanol–water partition coefficient (Wildman–Crippen LogP) is -0.0460. The van der Waals surface area contributed by atoms with Crippen LogP contribution in [0.15, 0.2) is 12.2 Å². The molecule has 0 spiro atoms. The average molecular weight is 254 g/mol. The molecule has 1 rings (SSSR count). The van der Waals surface area contributed by atoms with Crippen LogP contribution in [0.5, 0.6) is 0 Å². The molecule has 1 fully saturated rings. The smallest absolute Gasteiger partial charge is 0.328 e. The molecule has 1 aliphatic rings. The van der Waals surface area contributed by atoms with Crippen LogP contribution in [-0.2, 0) is 14.4 Å². The average Bonchev–Trinajstić information content (AvgIpc) is 2.35. The molecule has 6 nitrogen and oxygen atoms in total. The molecule has 0 aromatic heterocycles. The molecule has 6 heteroatoms. The molecule has 0 unspecified atom stereocenters. The highest BCUT2D eigenvalue weighted by Crippen LogP contribution is 2.19. The van der Waals surface area contributed by atoms with Gasteiger partial charge in [0.15, 0.2) is 0 Å². The molecule has 1 heterocycles. The van der Waals surface area contributed by atoms with Crippen molar-refractivity contribution in [1.82, 2.24) is 9.80 Å². The Morgan fingerprint density at radius 3 is 2.17 bits per heavy atom. The fourth-order valence-corrected chi connectivity index (χ4v) is 1.96. The van der Waals surface area contributed by atoms with Crippen molar-refractivity contribution >= 4 is 17.8 Å². The molecule has 0 bridgehead atoms. The number of carbonyl (C=O) groups is 3. The molecule has 0 radical (unpaired) electrons. The second-order valence-electron chi connectivity index (χ2n) is 4.50. The van der Waals surface area contributed by atoms with Gasteiger partial charge < -0.3 is 14.9 Å². The van der Waals surface area contributed by atoms with Crippen molar-refractivity contribution in [3.63, 3.8) is 0 Å². The summed E-state index contributed by atoms with van der Waals surface area (Å²) < 4.78 is 0. The summed E-state index contributed by atoms with van der Waals surface area (Å²) in [4.78, 5) is 36.7. The van der Waals surface area contributed by atoms with Crippen LogP contribution in [0.3, 0.4) is 0 Å². The van der Waals surface area contributed by atoms with E-state index in [2.05, 4.69) is 0 Å². The second kappa shape index (κ2) is 6.18. The summed E-state index contributed by atoms with van der Waals surface area (Å²) in [6.45, 7) is 0.986. The number of carboxylic acids is 1. The molecule has 0 atom stereocenters. The van der Waals surface area contributed by atoms with Gasteiger partial charge in [0.05, 0.1) is 0 Å². The molecule has 0 aliphatic carbocycles. The van der Waals surface area contributed by atoms with Crippen molar-refractivity contribution in [3.8, 4) is 0 Å². The van der Waals surface area contributed by atoms with Crippen molar-refractivity contribution in [1.29, 1.82) is 0 Å². The third-order valence-corrected chi connectivity index (χ3v) is 2.97. The van der Waals surface area contributed by atoms with E-state index >= 15 is 0 Å². The maximum atomic E-state index is 11.7. The minimum Gasteiger partial charge on any atom is -0.478 e. The number of hydrogen-bond acceptors (Lipinski definition) is 3. The van der Waals surface area contributed by atoms with Crippen LogP contribution in [-0.4, -0.2) is 59.9 Å². The van der Waals surface area contributed by atoms with Crippen LogP contribution in [0.2, 0.25) is 0 Å². The Morgan fingerprint density at radius 1 is 1.17 bits per heavy atom. The summed E-state index contributed by atoms with van der Waals surface area (Å²) in [5, 5.41) is 8.43. The molecular formula is C12H18N2O4. The van der Waals surface area contributed by atoms with Gasteiger partial charge in [-0.05, 0) is 12.8 Å². The molecule has 1 N–H and O–H groups in total. The summed E-state index contributed by atoms with van der Waals surface area (Å²) in [5.41, 5.74) is 0. The maximum absolute atomic E-state index is 11.7. The lowest BCUT2D eigenvalue weighted by Gasteiger charge is -2.31. The Kier molecular flexibility index (Phi) is 4.88. The van der Waals surface area contributed by atoms with Gasteiger partial charge in [0, 0.05) is 45.3 Å². The number of carbonyl (C=O) groups excluding carboxylic acids is 2. The Hall–Kier alpha value is -1.85. The van der Waals surface area contributed by atoms with Gasteiger partial charge in [0.25, 0.3) is 0 Å². The van der Waals surface area contributed by atoms with E-state index in [1.165, 1.54) is 0 Å². The number of carboxylic acid groups (broad SMARTS) is 1. The predicted molar refractivity (Wildman–Crippen MR) is 64.8 cm³/mol. The first kappa shape index (κ1) is 14.2. The number of likely N-dealkylation sites (tertiary alicyclic amines) is 1. The minimum atomic E-state index is -1.14. The van der Waals surface area contributed by atoms with Crippen LogP contribution < -0.4 is 0 Å². The number of amides is 2. The first-order valence-electron chi connectivity index (χ1n) is 5.83. The third-order valence-electron chi connectivity index (χ3n) is 2.97. The van der Waals surface area contributed by atoms with E-state index in [9.17, 15) is 14.4 Å². The van der Waals surface area contributed by atoms with E-state index in [-0.39, 0.29) is 17.7 Å². The zero-order valence-electron chi connectivity index (χ0n) is 10.6. The lowest BCUT2D eigenvalue weighted by Crippen LogP contribution is -2.42. The number of hydrogen-bond donors (Lipinski definition) is 1. The van der Waals surface area contributed by atoms with Crippen molar-refractivity contribution in [2.45, 2.75) is 12.8 Å². The Bertz CT molecular complexity index is 368. The summed E-state index contributed by atoms with van der Waals surface area (Å²) in [5.74, 6) is -1.40. The lowest BCUT2D eigenvalue weighted by molar-refractivity contribution is -0.137. The zero-order valence-corrected chi connectivity index (χ0v) is 10.6. The highest BCUT2D eigenvalue weighted by molar-refractivity contribution is 5.94. The van der Waals surface area contributed by atoms with Crippen molar-refractivity contribution in [2.24, 2.45) is 5.92 Å². The minimum absolute atomic E-state index is 0.0347. The van der Waals surface area contributed by atoms with Crippen LogP contribution in [0, 0.1) is 5.92 Å². The van der Waals surface area contributed by atoms with Crippen LogP contribution in [0.4, 0.5) is 0 Å². The third kappa shape index (κ3) is 3.87. The number of piperidine rings is 1. The van der Waals surface area contributed by atoms with E-state index < -0.39 is 5.97 Å². The van der Waals surface area contributed by atoms with Gasteiger partial charge in [-0.2, -0.15) is 0 Å². The lowest BCUT2D eigenvalue weighted by atomic mass is 9.95. The molecular weight excluding hydrogens is 236 g/mol. The number of nitrogens with zero attached hydrogens (tertiary/aromatic N) is 2. The van der Waals surface area contributed by atoms with Crippen LogP contribution in [0.25, 0.3) is 0 Å². The first-order valence-corrected chi connectivity index (χ1v) is 5.83. The maximum Gasteiger partial charge on any atom is 0.328 e. The molecule has 1 saturated heterocycles. The SMILES string of the molecule is CN(C)C(=O)C1CCN(C(=O)/C=C/C(=O)O)CC1. The van der Waals surface area contributed by atoms with Crippen LogP contribution in [0.1, 0.15) is 12.8 Å². The number of aliphatic carboxylic acids is 1. The summed E-state index contributed by atoms with van der Waals surface area (Å²) in [6.07, 6.45) is 3.14. The van der Waals surface area contributed by atoms with E-state index in [0.29, 0.717) is 25.9 Å². The van der Waals surface area contributed by atoms with Crippen molar-refractivity contribution < 1.29 is 19.5 Å². The van der Waals surface area contributed by atoms with E-state index in [4.69, 9.17) is 5.11 Å². The standard InChI is InChI=1S/C12H18N2O4/c1-13(2)12(18)9-5-7-14(8-6-9)10(15)3-4-11(16)17/h3-4,9H,5-8H2,1-2H3,(H,16,17)/b4-3+. The molecule has 1 aliphatic heterocycles. The molecule has 2 amide bonds. The highest BCUT2D eigenvalue weighted by Gasteiger charge is 2.27. The van der Waals surface area contributed by atoms with E-state index in [1.54, 1.807) is 23.9 Å². The molecule has 0 saturated carbocycles. The van der Waals surface area contributed by atoms with Gasteiger partial charge in [-0.3, -0.25) is 9.59 Å². The van der Waals surface area contributed by atoms with Gasteiger partial charge in [-0.1, -0.05) is 0 Å². The summed E-state index contributed by atoms with van der Waals surface area (Å²) in [6, 6.07) is 0. The summed E-state index contributed by atoms with van der Waals surface area (Å²) in [7, 11) is 3.44. The summed E-state index contributed by atoms with van der Waals surface area (Å²) >= 11 is 0. The zero-order chi connectivity index (χ0) is 13.7. The highest BCUT2D eigenvalue weighted by atomic mass is 16.4. The Morgan fingerprint density at radius 2 is 1.72 bits per heavy atom. The first-order chi connectivity index (χ1) is 8.41. The van der Waals surface area contributed by atoms with Crippen LogP contribution >= 0.6 is 0 Å².